The fourth-order valence-electron chi connectivity index (χ4n) is 1.74. The molecule has 5 heteroatoms. The van der Waals surface area contributed by atoms with Crippen molar-refractivity contribution in [2.24, 2.45) is 5.92 Å². The van der Waals surface area contributed by atoms with Crippen molar-refractivity contribution in [3.8, 4) is 11.5 Å². The fourth-order valence-corrected chi connectivity index (χ4v) is 2.16. The zero-order chi connectivity index (χ0) is 11.8. The van der Waals surface area contributed by atoms with Gasteiger partial charge < -0.3 is 14.8 Å². The van der Waals surface area contributed by atoms with Gasteiger partial charge in [0, 0.05) is 22.5 Å². The summed E-state index contributed by atoms with van der Waals surface area (Å²) in [5.74, 6) is 1.68. The summed E-state index contributed by atoms with van der Waals surface area (Å²) < 4.78 is 11.8. The summed E-state index contributed by atoms with van der Waals surface area (Å²) in [4.78, 5) is 11.7. The molecule has 17 heavy (non-hydrogen) atoms. The van der Waals surface area contributed by atoms with E-state index >= 15 is 0 Å². The maximum atomic E-state index is 11.7. The van der Waals surface area contributed by atoms with E-state index in [1.165, 1.54) is 0 Å². The lowest BCUT2D eigenvalue weighted by Gasteiger charge is -2.20. The maximum absolute atomic E-state index is 11.7. The van der Waals surface area contributed by atoms with E-state index < -0.39 is 0 Å². The van der Waals surface area contributed by atoms with E-state index in [-0.39, 0.29) is 11.8 Å². The van der Waals surface area contributed by atoms with E-state index in [4.69, 9.17) is 9.47 Å². The number of rotatable bonds is 2. The van der Waals surface area contributed by atoms with Gasteiger partial charge in [0.05, 0.1) is 5.69 Å². The normalized spacial score (nSPS) is 17.7. The zero-order valence-electron chi connectivity index (χ0n) is 9.16. The van der Waals surface area contributed by atoms with Crippen molar-refractivity contribution in [2.75, 3.05) is 18.5 Å². The summed E-state index contributed by atoms with van der Waals surface area (Å²) in [6.07, 6.45) is 1.99. The molecule has 0 spiro atoms. The average Bonchev–Trinajstić information content (AvgIpc) is 3.14. The largest absolute Gasteiger partial charge is 0.486 e. The number of carbonyl (C=O) groups is 1. The molecule has 0 bridgehead atoms. The molecule has 1 aliphatic carbocycles. The molecule has 1 fully saturated rings. The number of anilines is 1. The first kappa shape index (κ1) is 10.9. The molecule has 2 aliphatic rings. The minimum Gasteiger partial charge on any atom is -0.486 e. The molecule has 1 saturated carbocycles. The minimum absolute atomic E-state index is 0.0855. The Balaban J connectivity index is 1.85. The van der Waals surface area contributed by atoms with Crippen LogP contribution in [0.25, 0.3) is 0 Å². The minimum atomic E-state index is 0.0855. The van der Waals surface area contributed by atoms with E-state index in [2.05, 4.69) is 21.2 Å². The lowest BCUT2D eigenvalue weighted by atomic mass is 10.2. The first-order valence-corrected chi connectivity index (χ1v) is 6.43. The van der Waals surface area contributed by atoms with E-state index in [9.17, 15) is 4.79 Å². The SMILES string of the molecule is O=C(Nc1cc2c(cc1Br)OCCO2)C1CC1. The van der Waals surface area contributed by atoms with Gasteiger partial charge in [-0.3, -0.25) is 4.79 Å². The molecule has 0 aromatic heterocycles. The van der Waals surface area contributed by atoms with Gasteiger partial charge in [0.25, 0.3) is 0 Å². The second kappa shape index (κ2) is 4.22. The second-order valence-electron chi connectivity index (χ2n) is 4.24. The van der Waals surface area contributed by atoms with Crippen molar-refractivity contribution < 1.29 is 14.3 Å². The number of benzene rings is 1. The van der Waals surface area contributed by atoms with Gasteiger partial charge in [-0.2, -0.15) is 0 Å². The summed E-state index contributed by atoms with van der Waals surface area (Å²) in [5, 5.41) is 2.90. The van der Waals surface area contributed by atoms with Gasteiger partial charge in [-0.15, -0.1) is 0 Å². The molecular formula is C12H12BrNO3. The molecule has 1 heterocycles. The smallest absolute Gasteiger partial charge is 0.227 e. The van der Waals surface area contributed by atoms with Crippen LogP contribution in [0.2, 0.25) is 0 Å². The summed E-state index contributed by atoms with van der Waals surface area (Å²) in [6, 6.07) is 3.63. The van der Waals surface area contributed by atoms with Crippen LogP contribution < -0.4 is 14.8 Å². The van der Waals surface area contributed by atoms with E-state index in [1.807, 2.05) is 6.07 Å². The highest BCUT2D eigenvalue weighted by atomic mass is 79.9. The fraction of sp³-hybridized carbons (Fsp3) is 0.417. The quantitative estimate of drug-likeness (QED) is 0.913. The third-order valence-corrected chi connectivity index (χ3v) is 3.49. The third kappa shape index (κ3) is 2.24. The van der Waals surface area contributed by atoms with Crippen LogP contribution >= 0.6 is 15.9 Å². The number of fused-ring (bicyclic) bond motifs is 1. The summed E-state index contributed by atoms with van der Waals surface area (Å²) >= 11 is 3.42. The van der Waals surface area contributed by atoms with Crippen LogP contribution in [-0.4, -0.2) is 19.1 Å². The van der Waals surface area contributed by atoms with Crippen LogP contribution in [0.3, 0.4) is 0 Å². The first-order chi connectivity index (χ1) is 8.24. The Morgan fingerprint density at radius 2 is 1.88 bits per heavy atom. The number of carbonyl (C=O) groups excluding carboxylic acids is 1. The Morgan fingerprint density at radius 3 is 2.53 bits per heavy atom. The Kier molecular flexibility index (Phi) is 2.70. The molecule has 1 N–H and O–H groups in total. The summed E-state index contributed by atoms with van der Waals surface area (Å²) in [7, 11) is 0. The Labute approximate surface area is 107 Å². The van der Waals surface area contributed by atoms with Crippen LogP contribution in [0.5, 0.6) is 11.5 Å². The number of nitrogens with one attached hydrogen (secondary N) is 1. The third-order valence-electron chi connectivity index (χ3n) is 2.84. The number of hydrogen-bond donors (Lipinski definition) is 1. The monoisotopic (exact) mass is 297 g/mol. The van der Waals surface area contributed by atoms with Crippen LogP contribution in [0, 0.1) is 5.92 Å². The van der Waals surface area contributed by atoms with Crippen molar-refractivity contribution >= 4 is 27.5 Å². The summed E-state index contributed by atoms with van der Waals surface area (Å²) in [6.45, 7) is 1.11. The van der Waals surface area contributed by atoms with Gasteiger partial charge in [0.1, 0.15) is 13.2 Å². The van der Waals surface area contributed by atoms with Crippen LogP contribution in [0.1, 0.15) is 12.8 Å². The Bertz CT molecular complexity index is 471. The molecule has 1 aliphatic heterocycles. The van der Waals surface area contributed by atoms with E-state index in [0.717, 1.165) is 23.0 Å². The topological polar surface area (TPSA) is 47.6 Å². The molecule has 1 aromatic rings. The van der Waals surface area contributed by atoms with Crippen LogP contribution in [0.4, 0.5) is 5.69 Å². The summed E-state index contributed by atoms with van der Waals surface area (Å²) in [5.41, 5.74) is 0.742. The first-order valence-electron chi connectivity index (χ1n) is 5.64. The number of amides is 1. The van der Waals surface area contributed by atoms with Crippen LogP contribution in [-0.2, 0) is 4.79 Å². The molecular weight excluding hydrogens is 286 g/mol. The highest BCUT2D eigenvalue weighted by Gasteiger charge is 2.30. The highest BCUT2D eigenvalue weighted by Crippen LogP contribution is 2.39. The van der Waals surface area contributed by atoms with E-state index in [0.29, 0.717) is 24.7 Å². The van der Waals surface area contributed by atoms with Gasteiger partial charge in [-0.1, -0.05) is 0 Å². The molecule has 4 nitrogen and oxygen atoms in total. The second-order valence-corrected chi connectivity index (χ2v) is 5.09. The average molecular weight is 298 g/mol. The van der Waals surface area contributed by atoms with Crippen molar-refractivity contribution in [3.05, 3.63) is 16.6 Å². The predicted octanol–water partition coefficient (Wildman–Crippen LogP) is 2.57. The predicted molar refractivity (Wildman–Crippen MR) is 66.5 cm³/mol. The van der Waals surface area contributed by atoms with Gasteiger partial charge >= 0.3 is 0 Å². The highest BCUT2D eigenvalue weighted by molar-refractivity contribution is 9.10. The zero-order valence-corrected chi connectivity index (χ0v) is 10.7. The van der Waals surface area contributed by atoms with Gasteiger partial charge in [-0.25, -0.2) is 0 Å². The molecule has 0 unspecified atom stereocenters. The number of ether oxygens (including phenoxy) is 2. The van der Waals surface area contributed by atoms with Crippen LogP contribution in [0.15, 0.2) is 16.6 Å². The Morgan fingerprint density at radius 1 is 1.24 bits per heavy atom. The van der Waals surface area contributed by atoms with Gasteiger partial charge in [-0.05, 0) is 28.8 Å². The van der Waals surface area contributed by atoms with Crippen molar-refractivity contribution in [1.29, 1.82) is 0 Å². The molecule has 0 atom stereocenters. The van der Waals surface area contributed by atoms with E-state index in [1.54, 1.807) is 6.07 Å². The maximum Gasteiger partial charge on any atom is 0.227 e. The number of hydrogen-bond acceptors (Lipinski definition) is 3. The molecule has 0 radical (unpaired) electrons. The lowest BCUT2D eigenvalue weighted by Crippen LogP contribution is -2.17. The molecule has 1 amide bonds. The molecule has 3 rings (SSSR count). The standard InChI is InChI=1S/C12H12BrNO3/c13-8-5-10-11(17-4-3-16-10)6-9(8)14-12(15)7-1-2-7/h5-7H,1-4H2,(H,14,15). The number of halogens is 1. The van der Waals surface area contributed by atoms with Crippen molar-refractivity contribution in [1.82, 2.24) is 0 Å². The molecule has 0 saturated heterocycles. The van der Waals surface area contributed by atoms with Crippen molar-refractivity contribution in [2.45, 2.75) is 12.8 Å². The molecule has 1 aromatic carbocycles. The van der Waals surface area contributed by atoms with Crippen molar-refractivity contribution in [3.63, 3.8) is 0 Å². The lowest BCUT2D eigenvalue weighted by molar-refractivity contribution is -0.117. The van der Waals surface area contributed by atoms with Gasteiger partial charge in [0.2, 0.25) is 5.91 Å². The Hall–Kier alpha value is -1.23. The molecule has 90 valence electrons. The van der Waals surface area contributed by atoms with Gasteiger partial charge in [0.15, 0.2) is 11.5 Å².